The van der Waals surface area contributed by atoms with E-state index in [2.05, 4.69) is 18.2 Å². The molecule has 0 radical (unpaired) electrons. The molecule has 0 bridgehead atoms. The van der Waals surface area contributed by atoms with Gasteiger partial charge in [0.25, 0.3) is 11.8 Å². The van der Waals surface area contributed by atoms with Crippen molar-refractivity contribution in [3.63, 3.8) is 0 Å². The molecule has 0 unspecified atom stereocenters. The van der Waals surface area contributed by atoms with Gasteiger partial charge in [-0.25, -0.2) is 4.79 Å². The lowest BCUT2D eigenvalue weighted by molar-refractivity contribution is -0.168. The highest BCUT2D eigenvalue weighted by Gasteiger charge is 2.38. The van der Waals surface area contributed by atoms with Crippen LogP contribution in [0, 0.1) is 0 Å². The molecule has 0 N–H and O–H groups in total. The van der Waals surface area contributed by atoms with Crippen LogP contribution in [-0.2, 0) is 28.9 Å². The molecule has 2 aromatic rings. The number of benzene rings is 2. The van der Waals surface area contributed by atoms with E-state index in [4.69, 9.17) is 4.84 Å². The van der Waals surface area contributed by atoms with E-state index >= 15 is 0 Å². The minimum atomic E-state index is -0.585. The number of carbonyl (C=O) groups is 3. The molecular formula is C22H21NO4. The van der Waals surface area contributed by atoms with Crippen molar-refractivity contribution in [3.8, 4) is 0 Å². The van der Waals surface area contributed by atoms with Crippen molar-refractivity contribution in [1.82, 2.24) is 5.06 Å². The molecule has 0 aromatic heterocycles. The van der Waals surface area contributed by atoms with Crippen molar-refractivity contribution in [2.45, 2.75) is 44.9 Å². The van der Waals surface area contributed by atoms with Crippen LogP contribution in [0.4, 0.5) is 0 Å². The average molecular weight is 363 g/mol. The normalized spacial score (nSPS) is 15.5. The zero-order valence-corrected chi connectivity index (χ0v) is 15.1. The highest BCUT2D eigenvalue weighted by molar-refractivity contribution is 6.20. The van der Waals surface area contributed by atoms with Gasteiger partial charge in [0.15, 0.2) is 0 Å². The fraction of sp³-hybridized carbons (Fsp3) is 0.318. The number of amides is 2. The van der Waals surface area contributed by atoms with Crippen LogP contribution in [0.5, 0.6) is 0 Å². The molecular weight excluding hydrogens is 342 g/mol. The summed E-state index contributed by atoms with van der Waals surface area (Å²) in [4.78, 5) is 41.5. The van der Waals surface area contributed by atoms with Gasteiger partial charge in [0.1, 0.15) is 0 Å². The van der Waals surface area contributed by atoms with Crippen LogP contribution in [0.2, 0.25) is 0 Å². The Kier molecular flexibility index (Phi) is 4.75. The number of nitrogens with zero attached hydrogens (tertiary/aromatic N) is 1. The molecule has 0 spiro atoms. The molecule has 2 amide bonds. The van der Waals surface area contributed by atoms with E-state index in [1.807, 2.05) is 0 Å². The predicted molar refractivity (Wildman–Crippen MR) is 99.1 cm³/mol. The number of hydrogen-bond donors (Lipinski definition) is 0. The maximum atomic E-state index is 12.2. The zero-order chi connectivity index (χ0) is 18.8. The van der Waals surface area contributed by atoms with Crippen molar-refractivity contribution < 1.29 is 19.2 Å². The molecule has 1 heterocycles. The summed E-state index contributed by atoms with van der Waals surface area (Å²) in [5.41, 5.74) is 4.61. The molecule has 2 aliphatic rings. The molecule has 2 aromatic carbocycles. The van der Waals surface area contributed by atoms with Gasteiger partial charge in [-0.05, 0) is 67.3 Å². The van der Waals surface area contributed by atoms with Crippen LogP contribution in [-0.4, -0.2) is 22.8 Å². The van der Waals surface area contributed by atoms with E-state index in [1.165, 1.54) is 29.5 Å². The SMILES string of the molecule is O=C(CCCc1ccc2c(c1)CCCC2)ON1C(=O)c2ccccc2C1=O. The molecule has 138 valence electrons. The monoisotopic (exact) mass is 363 g/mol. The number of fused-ring (bicyclic) bond motifs is 2. The number of rotatable bonds is 5. The minimum Gasteiger partial charge on any atom is -0.330 e. The third-order valence-corrected chi connectivity index (χ3v) is 5.21. The Bertz CT molecular complexity index is 883. The lowest BCUT2D eigenvalue weighted by atomic mass is 9.89. The highest BCUT2D eigenvalue weighted by Crippen LogP contribution is 2.24. The smallest absolute Gasteiger partial charge is 0.330 e. The van der Waals surface area contributed by atoms with Crippen molar-refractivity contribution in [3.05, 3.63) is 70.3 Å². The first-order chi connectivity index (χ1) is 13.1. The summed E-state index contributed by atoms with van der Waals surface area (Å²) in [6.45, 7) is 0. The number of hydrogen-bond acceptors (Lipinski definition) is 4. The topological polar surface area (TPSA) is 63.7 Å². The van der Waals surface area contributed by atoms with Crippen LogP contribution < -0.4 is 0 Å². The standard InChI is InChI=1S/C22H21NO4/c24-20(27-23-21(25)18-9-3-4-10-19(18)22(23)26)11-5-6-15-12-13-16-7-1-2-8-17(16)14-15/h3-4,9-10,12-14H,1-2,5-8,11H2. The molecule has 1 aliphatic carbocycles. The Morgan fingerprint density at radius 1 is 0.926 bits per heavy atom. The molecule has 5 heteroatoms. The molecule has 1 aliphatic heterocycles. The maximum absolute atomic E-state index is 12.2. The number of imide groups is 1. The second-order valence-electron chi connectivity index (χ2n) is 7.08. The molecule has 0 atom stereocenters. The third kappa shape index (κ3) is 3.50. The summed E-state index contributed by atoms with van der Waals surface area (Å²) < 4.78 is 0. The first kappa shape index (κ1) is 17.5. The van der Waals surface area contributed by atoms with Crippen LogP contribution in [0.15, 0.2) is 42.5 Å². The number of aryl methyl sites for hydroxylation is 3. The van der Waals surface area contributed by atoms with Gasteiger partial charge in [0, 0.05) is 6.42 Å². The summed E-state index contributed by atoms with van der Waals surface area (Å²) in [7, 11) is 0. The van der Waals surface area contributed by atoms with Gasteiger partial charge < -0.3 is 4.84 Å². The molecule has 4 rings (SSSR count). The van der Waals surface area contributed by atoms with Crippen LogP contribution in [0.25, 0.3) is 0 Å². The van der Waals surface area contributed by atoms with Crippen LogP contribution in [0.3, 0.4) is 0 Å². The fourth-order valence-electron chi connectivity index (χ4n) is 3.78. The van der Waals surface area contributed by atoms with E-state index in [1.54, 1.807) is 24.3 Å². The third-order valence-electron chi connectivity index (χ3n) is 5.21. The fourth-order valence-corrected chi connectivity index (χ4v) is 3.78. The second kappa shape index (κ2) is 7.35. The first-order valence-corrected chi connectivity index (χ1v) is 9.43. The Morgan fingerprint density at radius 3 is 2.30 bits per heavy atom. The van der Waals surface area contributed by atoms with E-state index in [0.717, 1.165) is 19.3 Å². The van der Waals surface area contributed by atoms with Gasteiger partial charge in [0.05, 0.1) is 11.1 Å². The molecule has 0 saturated carbocycles. The summed E-state index contributed by atoms with van der Waals surface area (Å²) >= 11 is 0. The summed E-state index contributed by atoms with van der Waals surface area (Å²) in [5, 5.41) is 0.575. The molecule has 0 saturated heterocycles. The van der Waals surface area contributed by atoms with E-state index in [9.17, 15) is 14.4 Å². The molecule has 0 fully saturated rings. The van der Waals surface area contributed by atoms with E-state index in [-0.39, 0.29) is 17.5 Å². The average Bonchev–Trinajstić information content (AvgIpc) is 2.93. The number of hydroxylamine groups is 2. The summed E-state index contributed by atoms with van der Waals surface area (Å²) in [6, 6.07) is 13.0. The zero-order valence-electron chi connectivity index (χ0n) is 15.1. The van der Waals surface area contributed by atoms with Gasteiger partial charge in [-0.3, -0.25) is 9.59 Å². The van der Waals surface area contributed by atoms with Crippen LogP contribution in [0.1, 0.15) is 63.1 Å². The Hall–Kier alpha value is -2.95. The summed E-state index contributed by atoms with van der Waals surface area (Å²) in [5.74, 6) is -1.74. The maximum Gasteiger partial charge on any atom is 0.333 e. The Morgan fingerprint density at radius 2 is 1.59 bits per heavy atom. The van der Waals surface area contributed by atoms with Crippen molar-refractivity contribution >= 4 is 17.8 Å². The quantitative estimate of drug-likeness (QED) is 0.761. The van der Waals surface area contributed by atoms with Crippen LogP contribution >= 0.6 is 0 Å². The molecule has 5 nitrogen and oxygen atoms in total. The first-order valence-electron chi connectivity index (χ1n) is 9.43. The number of carbonyl (C=O) groups excluding carboxylic acids is 3. The predicted octanol–water partition coefficient (Wildman–Crippen LogP) is 3.64. The van der Waals surface area contributed by atoms with Gasteiger partial charge in [0.2, 0.25) is 0 Å². The lowest BCUT2D eigenvalue weighted by Crippen LogP contribution is -2.32. The second-order valence-corrected chi connectivity index (χ2v) is 7.08. The van der Waals surface area contributed by atoms with Crippen molar-refractivity contribution in [1.29, 1.82) is 0 Å². The van der Waals surface area contributed by atoms with Gasteiger partial charge in [-0.15, -0.1) is 0 Å². The summed E-state index contributed by atoms with van der Waals surface area (Å²) in [6.07, 6.45) is 6.32. The Labute approximate surface area is 157 Å². The Balaban J connectivity index is 1.31. The van der Waals surface area contributed by atoms with Gasteiger partial charge >= 0.3 is 5.97 Å². The van der Waals surface area contributed by atoms with E-state index in [0.29, 0.717) is 11.5 Å². The van der Waals surface area contributed by atoms with Crippen molar-refractivity contribution in [2.24, 2.45) is 0 Å². The van der Waals surface area contributed by atoms with Gasteiger partial charge in [-0.1, -0.05) is 35.4 Å². The van der Waals surface area contributed by atoms with Gasteiger partial charge in [-0.2, -0.15) is 0 Å². The molecule has 27 heavy (non-hydrogen) atoms. The highest BCUT2D eigenvalue weighted by atomic mass is 16.7. The van der Waals surface area contributed by atoms with Crippen molar-refractivity contribution in [2.75, 3.05) is 0 Å². The lowest BCUT2D eigenvalue weighted by Gasteiger charge is -2.16. The van der Waals surface area contributed by atoms with E-state index < -0.39 is 17.8 Å². The largest absolute Gasteiger partial charge is 0.333 e. The minimum absolute atomic E-state index is 0.157.